The predicted molar refractivity (Wildman–Crippen MR) is 211 cm³/mol. The predicted octanol–water partition coefficient (Wildman–Crippen LogP) is 7.34. The third-order valence-electron chi connectivity index (χ3n) is 11.7. The molecule has 2 N–H and O–H groups in total. The number of rotatable bonds is 7. The van der Waals surface area contributed by atoms with Crippen LogP contribution >= 0.6 is 0 Å². The van der Waals surface area contributed by atoms with Gasteiger partial charge in [0.1, 0.15) is 5.75 Å². The zero-order chi connectivity index (χ0) is 37.3. The van der Waals surface area contributed by atoms with Crippen LogP contribution in [0.5, 0.6) is 5.75 Å². The number of aryl methyl sites for hydroxylation is 1. The van der Waals surface area contributed by atoms with Crippen LogP contribution in [0.4, 0.5) is 11.4 Å². The number of sulfone groups is 2. The van der Waals surface area contributed by atoms with Crippen molar-refractivity contribution in [1.82, 2.24) is 9.80 Å². The van der Waals surface area contributed by atoms with Crippen molar-refractivity contribution in [3.8, 4) is 5.75 Å². The van der Waals surface area contributed by atoms with E-state index in [0.717, 1.165) is 87.5 Å². The molecule has 4 atom stereocenters. The van der Waals surface area contributed by atoms with Gasteiger partial charge >= 0.3 is 0 Å². The fraction of sp³-hybridized carbons (Fsp3) is 0.429. The second kappa shape index (κ2) is 15.5. The van der Waals surface area contributed by atoms with Gasteiger partial charge in [-0.2, -0.15) is 0 Å². The Labute approximate surface area is 315 Å². The van der Waals surface area contributed by atoms with Gasteiger partial charge in [0.25, 0.3) is 0 Å². The number of fused-ring (bicyclic) bond motifs is 6. The van der Waals surface area contributed by atoms with Crippen molar-refractivity contribution in [2.45, 2.75) is 90.0 Å². The summed E-state index contributed by atoms with van der Waals surface area (Å²) in [5.41, 5.74) is 5.46. The smallest absolute Gasteiger partial charge is 0.206 e. The molecule has 4 heterocycles. The molecule has 0 unspecified atom stereocenters. The standard InChI is InChI=1S/C21H26N2O3S.C21H26N2O2S/c1-3-23-12-10-18-19-14-17(8-9-20(19)22-21(18)11-13-23)27(24,25)16-6-4-15(26-2)5-7-16;1-3-23-11-9-18-19-14-17(7-8-20(19)22-21(18)10-12-23)26(24,25)16-6-4-5-15(2)13-16/h4-9,14,18,21-22H,3,10-13H2,1-2H3;4-8,13-14,18,21-22H,3,9-12H2,1-2H3/t2*18-,21+/m00/s1. The molecule has 0 bridgehead atoms. The first-order valence-electron chi connectivity index (χ1n) is 19.0. The Kier molecular flexibility index (Phi) is 10.9. The lowest BCUT2D eigenvalue weighted by Crippen LogP contribution is -2.25. The lowest BCUT2D eigenvalue weighted by molar-refractivity contribution is 0.298. The summed E-state index contributed by atoms with van der Waals surface area (Å²) in [6.45, 7) is 12.8. The Balaban J connectivity index is 0.000000164. The van der Waals surface area contributed by atoms with E-state index >= 15 is 0 Å². The number of ether oxygens (including phenoxy) is 1. The van der Waals surface area contributed by atoms with Crippen LogP contribution in [-0.2, 0) is 19.7 Å². The van der Waals surface area contributed by atoms with Crippen LogP contribution in [0.25, 0.3) is 0 Å². The molecule has 2 saturated heterocycles. The van der Waals surface area contributed by atoms with E-state index in [1.54, 1.807) is 61.7 Å². The summed E-state index contributed by atoms with van der Waals surface area (Å²) in [4.78, 5) is 6.39. The summed E-state index contributed by atoms with van der Waals surface area (Å²) in [7, 11) is -5.46. The molecular formula is C42H52N4O5S2. The van der Waals surface area contributed by atoms with Gasteiger partial charge in [-0.05, 0) is 148 Å². The monoisotopic (exact) mass is 756 g/mol. The number of nitrogens with one attached hydrogen (secondary N) is 2. The summed E-state index contributed by atoms with van der Waals surface area (Å²) in [5.74, 6) is 1.42. The molecule has 0 saturated carbocycles. The summed E-state index contributed by atoms with van der Waals surface area (Å²) < 4.78 is 57.5. The van der Waals surface area contributed by atoms with Gasteiger partial charge in [-0.15, -0.1) is 0 Å². The molecule has 2 fully saturated rings. The van der Waals surface area contributed by atoms with Gasteiger partial charge in [0.2, 0.25) is 19.7 Å². The average Bonchev–Trinajstić information content (AvgIpc) is 3.53. The van der Waals surface area contributed by atoms with Crippen LogP contribution in [-0.4, -0.2) is 85.1 Å². The van der Waals surface area contributed by atoms with E-state index in [1.165, 1.54) is 5.56 Å². The molecular weight excluding hydrogens is 705 g/mol. The first-order chi connectivity index (χ1) is 25.5. The number of benzene rings is 4. The van der Waals surface area contributed by atoms with Gasteiger partial charge in [-0.1, -0.05) is 26.0 Å². The Morgan fingerprint density at radius 2 is 1.06 bits per heavy atom. The van der Waals surface area contributed by atoms with Gasteiger partial charge in [0.15, 0.2) is 0 Å². The van der Waals surface area contributed by atoms with Crippen molar-refractivity contribution in [2.75, 3.05) is 57.0 Å². The molecule has 0 radical (unpaired) electrons. The van der Waals surface area contributed by atoms with E-state index in [-0.39, 0.29) is 0 Å². The highest BCUT2D eigenvalue weighted by Gasteiger charge is 2.36. The minimum atomic E-state index is -3.54. The summed E-state index contributed by atoms with van der Waals surface area (Å²) in [6, 6.07) is 25.7. The normalized spacial score (nSPS) is 22.7. The maximum Gasteiger partial charge on any atom is 0.206 e. The van der Waals surface area contributed by atoms with Crippen LogP contribution < -0.4 is 15.4 Å². The number of hydrogen-bond acceptors (Lipinski definition) is 9. The quantitative estimate of drug-likeness (QED) is 0.200. The molecule has 282 valence electrons. The fourth-order valence-corrected chi connectivity index (χ4v) is 11.2. The minimum Gasteiger partial charge on any atom is -0.497 e. The molecule has 4 aromatic rings. The van der Waals surface area contributed by atoms with Gasteiger partial charge in [-0.25, -0.2) is 16.8 Å². The summed E-state index contributed by atoms with van der Waals surface area (Å²) >= 11 is 0. The molecule has 8 rings (SSSR count). The fourth-order valence-electron chi connectivity index (χ4n) is 8.54. The summed E-state index contributed by atoms with van der Waals surface area (Å²) in [5, 5.41) is 7.24. The number of hydrogen-bond donors (Lipinski definition) is 2. The highest BCUT2D eigenvalue weighted by atomic mass is 32.2. The molecule has 0 amide bonds. The lowest BCUT2D eigenvalue weighted by atomic mass is 9.91. The summed E-state index contributed by atoms with van der Waals surface area (Å²) in [6.07, 6.45) is 4.33. The van der Waals surface area contributed by atoms with Gasteiger partial charge in [0, 0.05) is 48.4 Å². The maximum absolute atomic E-state index is 13.1. The van der Waals surface area contributed by atoms with E-state index in [2.05, 4.69) is 34.3 Å². The largest absolute Gasteiger partial charge is 0.497 e. The second-order valence-corrected chi connectivity index (χ2v) is 18.6. The number of likely N-dealkylation sites (tertiary alicyclic amines) is 2. The number of anilines is 2. The first kappa shape index (κ1) is 37.4. The first-order valence-corrected chi connectivity index (χ1v) is 21.9. The molecule has 53 heavy (non-hydrogen) atoms. The molecule has 9 nitrogen and oxygen atoms in total. The van der Waals surface area contributed by atoms with Gasteiger partial charge in [0.05, 0.1) is 26.7 Å². The Morgan fingerprint density at radius 3 is 1.53 bits per heavy atom. The van der Waals surface area contributed by atoms with Crippen molar-refractivity contribution in [3.05, 3.63) is 102 Å². The topological polar surface area (TPSA) is 108 Å². The van der Waals surface area contributed by atoms with E-state index in [9.17, 15) is 16.8 Å². The minimum absolute atomic E-state index is 0.295. The Morgan fingerprint density at radius 1 is 0.604 bits per heavy atom. The van der Waals surface area contributed by atoms with Crippen LogP contribution in [0.1, 0.15) is 68.1 Å². The van der Waals surface area contributed by atoms with Crippen molar-refractivity contribution in [2.24, 2.45) is 0 Å². The van der Waals surface area contributed by atoms with Crippen LogP contribution in [0.2, 0.25) is 0 Å². The van der Waals surface area contributed by atoms with Crippen LogP contribution in [0.15, 0.2) is 105 Å². The third-order valence-corrected chi connectivity index (χ3v) is 15.2. The number of methoxy groups -OCH3 is 1. The second-order valence-electron chi connectivity index (χ2n) is 14.7. The number of nitrogens with zero attached hydrogens (tertiary/aromatic N) is 2. The Bertz CT molecular complexity index is 2160. The van der Waals surface area contributed by atoms with E-state index in [1.807, 2.05) is 37.3 Å². The highest BCUT2D eigenvalue weighted by molar-refractivity contribution is 7.91. The van der Waals surface area contributed by atoms with Crippen molar-refractivity contribution in [3.63, 3.8) is 0 Å². The molecule has 4 aromatic carbocycles. The molecule has 4 aliphatic rings. The Hall–Kier alpha value is -3.90. The zero-order valence-electron chi connectivity index (χ0n) is 31.2. The van der Waals surface area contributed by atoms with E-state index < -0.39 is 19.7 Å². The molecule has 0 aromatic heterocycles. The average molecular weight is 757 g/mol. The zero-order valence-corrected chi connectivity index (χ0v) is 32.8. The van der Waals surface area contributed by atoms with E-state index in [4.69, 9.17) is 4.74 Å². The van der Waals surface area contributed by atoms with Crippen LogP contribution in [0.3, 0.4) is 0 Å². The maximum atomic E-state index is 13.1. The van der Waals surface area contributed by atoms with E-state index in [0.29, 0.717) is 49.3 Å². The van der Waals surface area contributed by atoms with Crippen molar-refractivity contribution >= 4 is 31.0 Å². The highest BCUT2D eigenvalue weighted by Crippen LogP contribution is 2.44. The van der Waals surface area contributed by atoms with Crippen molar-refractivity contribution in [1.29, 1.82) is 0 Å². The molecule has 0 aliphatic carbocycles. The SMILES string of the molecule is CCN1CC[C@H]2Nc3ccc(S(=O)(=O)c4ccc(OC)cc4)cc3[C@@H]2CC1.CCN1CC[C@H]2Nc3ccc(S(=O)(=O)c4cccc(C)c4)cc3[C@@H]2CC1. The molecule has 11 heteroatoms. The van der Waals surface area contributed by atoms with Gasteiger partial charge < -0.3 is 25.2 Å². The van der Waals surface area contributed by atoms with Crippen LogP contribution in [0, 0.1) is 6.92 Å². The third kappa shape index (κ3) is 7.58. The molecule has 4 aliphatic heterocycles. The lowest BCUT2D eigenvalue weighted by Gasteiger charge is -2.17. The molecule has 0 spiro atoms. The van der Waals surface area contributed by atoms with Crippen molar-refractivity contribution < 1.29 is 21.6 Å². The van der Waals surface area contributed by atoms with Gasteiger partial charge in [-0.3, -0.25) is 0 Å².